The Morgan fingerprint density at radius 2 is 1.72 bits per heavy atom. The van der Waals surface area contributed by atoms with E-state index in [9.17, 15) is 14.7 Å². The van der Waals surface area contributed by atoms with Gasteiger partial charge < -0.3 is 24.2 Å². The summed E-state index contributed by atoms with van der Waals surface area (Å²) in [5.74, 6) is -0.888. The molecule has 1 N–H and O–H groups in total. The molecule has 0 spiro atoms. The summed E-state index contributed by atoms with van der Waals surface area (Å²) in [6.07, 6.45) is 0.614. The van der Waals surface area contributed by atoms with Crippen LogP contribution in [0.4, 0.5) is 0 Å². The number of aliphatic hydroxyl groups excluding tert-OH is 1. The highest BCUT2D eigenvalue weighted by Gasteiger charge is 2.46. The highest BCUT2D eigenvalue weighted by atomic mass is 35.5. The van der Waals surface area contributed by atoms with Crippen LogP contribution in [0.3, 0.4) is 0 Å². The maximum atomic E-state index is 13.1. The molecule has 0 radical (unpaired) electrons. The molecule has 2 aromatic carbocycles. The lowest BCUT2D eigenvalue weighted by molar-refractivity contribution is -0.139. The van der Waals surface area contributed by atoms with Crippen LogP contribution in [-0.2, 0) is 9.59 Å². The molecule has 9 heteroatoms. The van der Waals surface area contributed by atoms with Crippen molar-refractivity contribution in [3.63, 3.8) is 0 Å². The number of ketones is 1. The summed E-state index contributed by atoms with van der Waals surface area (Å²) in [6, 6.07) is 7.11. The van der Waals surface area contributed by atoms with Crippen molar-refractivity contribution in [1.29, 1.82) is 0 Å². The monoisotopic (exact) mass is 479 g/mol. The van der Waals surface area contributed by atoms with Crippen molar-refractivity contribution in [1.82, 2.24) is 4.90 Å². The van der Waals surface area contributed by atoms with Crippen molar-refractivity contribution in [3.05, 3.63) is 57.1 Å². The van der Waals surface area contributed by atoms with Gasteiger partial charge in [-0.1, -0.05) is 36.2 Å². The molecule has 32 heavy (non-hydrogen) atoms. The first-order chi connectivity index (χ1) is 15.3. The smallest absolute Gasteiger partial charge is 0.295 e. The van der Waals surface area contributed by atoms with E-state index in [4.69, 9.17) is 37.4 Å². The second kappa shape index (κ2) is 9.71. The Labute approximate surface area is 196 Å². The van der Waals surface area contributed by atoms with Crippen LogP contribution < -0.4 is 14.2 Å². The zero-order chi connectivity index (χ0) is 23.6. The number of likely N-dealkylation sites (tertiary alicyclic amines) is 1. The van der Waals surface area contributed by atoms with Crippen LogP contribution in [0.5, 0.6) is 17.2 Å². The van der Waals surface area contributed by atoms with E-state index >= 15 is 0 Å². The molecule has 1 fully saturated rings. The number of ether oxygens (including phenoxy) is 3. The van der Waals surface area contributed by atoms with Gasteiger partial charge in [-0.25, -0.2) is 0 Å². The Bertz CT molecular complexity index is 1100. The Kier molecular flexibility index (Phi) is 7.21. The molecule has 1 amide bonds. The molecule has 1 heterocycles. The summed E-state index contributed by atoms with van der Waals surface area (Å²) in [5, 5.41) is 11.6. The average molecular weight is 480 g/mol. The molecular formula is C23H23Cl2NO6. The number of carbonyl (C=O) groups is 2. The van der Waals surface area contributed by atoms with Gasteiger partial charge in [-0.05, 0) is 36.2 Å². The summed E-state index contributed by atoms with van der Waals surface area (Å²) in [7, 11) is 4.38. The van der Waals surface area contributed by atoms with Crippen LogP contribution in [0.2, 0.25) is 10.0 Å². The van der Waals surface area contributed by atoms with Gasteiger partial charge in [0.25, 0.3) is 11.7 Å². The van der Waals surface area contributed by atoms with Gasteiger partial charge in [0.05, 0.1) is 43.5 Å². The van der Waals surface area contributed by atoms with Crippen LogP contribution in [-0.4, -0.2) is 49.6 Å². The molecule has 0 bridgehead atoms. The fourth-order valence-electron chi connectivity index (χ4n) is 3.81. The number of hydrogen-bond donors (Lipinski definition) is 1. The molecule has 0 saturated carbocycles. The van der Waals surface area contributed by atoms with E-state index < -0.39 is 23.5 Å². The van der Waals surface area contributed by atoms with E-state index in [1.807, 2.05) is 6.92 Å². The second-order valence-electron chi connectivity index (χ2n) is 7.08. The lowest BCUT2D eigenvalue weighted by atomic mass is 9.94. The zero-order valence-electron chi connectivity index (χ0n) is 18.1. The van der Waals surface area contributed by atoms with Crippen molar-refractivity contribution in [3.8, 4) is 17.2 Å². The molecule has 1 aliphatic rings. The first-order valence-corrected chi connectivity index (χ1v) is 10.6. The lowest BCUT2D eigenvalue weighted by Gasteiger charge is -2.25. The van der Waals surface area contributed by atoms with Crippen molar-refractivity contribution < 1.29 is 28.9 Å². The Morgan fingerprint density at radius 1 is 1.03 bits per heavy atom. The molecule has 1 unspecified atom stereocenters. The molecule has 3 rings (SSSR count). The van der Waals surface area contributed by atoms with Gasteiger partial charge in [-0.2, -0.15) is 0 Å². The summed E-state index contributed by atoms with van der Waals surface area (Å²) in [4.78, 5) is 27.4. The molecule has 1 saturated heterocycles. The number of Topliss-reactive ketones (excluding diaryl/α,β-unsaturated/α-hetero) is 1. The number of aliphatic hydroxyl groups is 1. The minimum absolute atomic E-state index is 0.0905. The summed E-state index contributed by atoms with van der Waals surface area (Å²) in [5.41, 5.74) is 0.598. The number of nitrogens with zero attached hydrogens (tertiary/aromatic N) is 1. The van der Waals surface area contributed by atoms with Crippen molar-refractivity contribution in [2.45, 2.75) is 19.4 Å². The maximum absolute atomic E-state index is 13.1. The molecule has 2 aromatic rings. The fourth-order valence-corrected chi connectivity index (χ4v) is 4.38. The van der Waals surface area contributed by atoms with Gasteiger partial charge in [0.2, 0.25) is 0 Å². The molecular weight excluding hydrogens is 457 g/mol. The van der Waals surface area contributed by atoms with Crippen LogP contribution in [0, 0.1) is 0 Å². The average Bonchev–Trinajstić information content (AvgIpc) is 3.02. The van der Waals surface area contributed by atoms with E-state index in [-0.39, 0.29) is 26.9 Å². The standard InChI is InChI=1S/C23H23Cl2NO6/c1-5-8-26-19(12-6-7-16(30-2)17(9-12)31-3)18(21(28)23(26)29)20(27)14-10-13(24)11-15(25)22(14)32-4/h6-7,9-11,19,27H,5,8H2,1-4H3/b20-18+. The van der Waals surface area contributed by atoms with Gasteiger partial charge in [0.15, 0.2) is 11.5 Å². The predicted molar refractivity (Wildman–Crippen MR) is 122 cm³/mol. The third-order valence-electron chi connectivity index (χ3n) is 5.20. The number of methoxy groups -OCH3 is 3. The molecule has 0 aromatic heterocycles. The van der Waals surface area contributed by atoms with Gasteiger partial charge in [-0.15, -0.1) is 0 Å². The minimum Gasteiger partial charge on any atom is -0.507 e. The summed E-state index contributed by atoms with van der Waals surface area (Å²) >= 11 is 12.4. The van der Waals surface area contributed by atoms with E-state index in [1.54, 1.807) is 18.2 Å². The number of amides is 1. The SMILES string of the molecule is CCCN1C(=O)C(=O)/C(=C(/O)c2cc(Cl)cc(Cl)c2OC)C1c1ccc(OC)c(OC)c1. The fraction of sp³-hybridized carbons (Fsp3) is 0.304. The highest BCUT2D eigenvalue weighted by molar-refractivity contribution is 6.46. The van der Waals surface area contributed by atoms with Crippen molar-refractivity contribution >= 4 is 40.7 Å². The predicted octanol–water partition coefficient (Wildman–Crippen LogP) is 4.85. The van der Waals surface area contributed by atoms with E-state index in [0.29, 0.717) is 30.0 Å². The number of carbonyl (C=O) groups excluding carboxylic acids is 2. The molecule has 170 valence electrons. The third-order valence-corrected chi connectivity index (χ3v) is 5.69. The molecule has 1 atom stereocenters. The first kappa shape index (κ1) is 23.8. The summed E-state index contributed by atoms with van der Waals surface area (Å²) < 4.78 is 16.0. The molecule has 1 aliphatic heterocycles. The Balaban J connectivity index is 2.30. The Morgan fingerprint density at radius 3 is 2.31 bits per heavy atom. The normalized spacial score (nSPS) is 17.6. The van der Waals surface area contributed by atoms with Crippen molar-refractivity contribution in [2.24, 2.45) is 0 Å². The maximum Gasteiger partial charge on any atom is 0.295 e. The highest BCUT2D eigenvalue weighted by Crippen LogP contribution is 2.44. The Hall–Kier alpha value is -2.90. The van der Waals surface area contributed by atoms with E-state index in [0.717, 1.165) is 0 Å². The zero-order valence-corrected chi connectivity index (χ0v) is 19.6. The van der Waals surface area contributed by atoms with Gasteiger partial charge >= 0.3 is 0 Å². The van der Waals surface area contributed by atoms with Crippen LogP contribution >= 0.6 is 23.2 Å². The molecule has 0 aliphatic carbocycles. The van der Waals surface area contributed by atoms with Gasteiger partial charge in [0.1, 0.15) is 11.5 Å². The largest absolute Gasteiger partial charge is 0.507 e. The lowest BCUT2D eigenvalue weighted by Crippen LogP contribution is -2.30. The number of rotatable bonds is 7. The number of benzene rings is 2. The quantitative estimate of drug-likeness (QED) is 0.347. The summed E-state index contributed by atoms with van der Waals surface area (Å²) in [6.45, 7) is 2.21. The van der Waals surface area contributed by atoms with Crippen LogP contribution in [0.1, 0.15) is 30.5 Å². The molecule has 7 nitrogen and oxygen atoms in total. The third kappa shape index (κ3) is 4.10. The number of hydrogen-bond acceptors (Lipinski definition) is 6. The van der Waals surface area contributed by atoms with Gasteiger partial charge in [0, 0.05) is 11.6 Å². The van der Waals surface area contributed by atoms with E-state index in [2.05, 4.69) is 0 Å². The van der Waals surface area contributed by atoms with Crippen LogP contribution in [0.15, 0.2) is 35.9 Å². The first-order valence-electron chi connectivity index (χ1n) is 9.82. The van der Waals surface area contributed by atoms with E-state index in [1.165, 1.54) is 38.4 Å². The minimum atomic E-state index is -0.850. The second-order valence-corrected chi connectivity index (χ2v) is 7.92. The number of halogens is 2. The topological polar surface area (TPSA) is 85.3 Å². The van der Waals surface area contributed by atoms with Gasteiger partial charge in [-0.3, -0.25) is 9.59 Å². The van der Waals surface area contributed by atoms with Crippen LogP contribution in [0.25, 0.3) is 5.76 Å². The van der Waals surface area contributed by atoms with Crippen molar-refractivity contribution in [2.75, 3.05) is 27.9 Å².